The van der Waals surface area contributed by atoms with Gasteiger partial charge in [0.15, 0.2) is 0 Å². The fraction of sp³-hybridized carbons (Fsp3) is 0.471. The van der Waals surface area contributed by atoms with Gasteiger partial charge in [0.1, 0.15) is 5.76 Å². The zero-order valence-electron chi connectivity index (χ0n) is 15.3. The maximum absolute atomic E-state index is 12.9. The van der Waals surface area contributed by atoms with Gasteiger partial charge in [-0.3, -0.25) is 15.0 Å². The summed E-state index contributed by atoms with van der Waals surface area (Å²) in [4.78, 5) is 12.5. The second-order valence-corrected chi connectivity index (χ2v) is 8.53. The van der Waals surface area contributed by atoms with Crippen molar-refractivity contribution < 1.29 is 17.9 Å². The molecule has 1 aromatic carbocycles. The van der Waals surface area contributed by atoms with Crippen LogP contribution < -0.4 is 0 Å². The number of non-ortho nitro benzene ring substituents is 1. The number of sulfonamides is 1. The van der Waals surface area contributed by atoms with Crippen molar-refractivity contribution in [1.29, 1.82) is 0 Å². The molecule has 0 spiro atoms. The zero-order chi connectivity index (χ0) is 19.6. The van der Waals surface area contributed by atoms with Gasteiger partial charge in [-0.15, -0.1) is 0 Å². The van der Waals surface area contributed by atoms with E-state index in [4.69, 9.17) is 4.52 Å². The van der Waals surface area contributed by atoms with Gasteiger partial charge in [0, 0.05) is 43.9 Å². The van der Waals surface area contributed by atoms with Crippen LogP contribution in [0, 0.1) is 24.0 Å². The van der Waals surface area contributed by atoms with Gasteiger partial charge in [0.25, 0.3) is 5.69 Å². The standard InChI is InChI=1S/C17H22N4O5S/c1-13-17(14(2)26-18-13)12-19-7-4-8-20(10-9-19)27(24,25)16-6-3-5-15(11-16)21(22)23/h3,5-6,11H,4,7-10,12H2,1-2H3. The highest BCUT2D eigenvalue weighted by Crippen LogP contribution is 2.23. The van der Waals surface area contributed by atoms with E-state index in [0.29, 0.717) is 32.6 Å². The lowest BCUT2D eigenvalue weighted by Crippen LogP contribution is -2.35. The molecule has 0 radical (unpaired) electrons. The Morgan fingerprint density at radius 2 is 2.00 bits per heavy atom. The minimum absolute atomic E-state index is 0.0455. The van der Waals surface area contributed by atoms with E-state index < -0.39 is 14.9 Å². The zero-order valence-corrected chi connectivity index (χ0v) is 16.1. The summed E-state index contributed by atoms with van der Waals surface area (Å²) in [6.07, 6.45) is 0.678. The maximum Gasteiger partial charge on any atom is 0.270 e. The first kappa shape index (κ1) is 19.5. The summed E-state index contributed by atoms with van der Waals surface area (Å²) in [7, 11) is -3.77. The topological polar surface area (TPSA) is 110 Å². The van der Waals surface area contributed by atoms with Crippen LogP contribution in [0.3, 0.4) is 0 Å². The molecule has 1 aromatic heterocycles. The Balaban J connectivity index is 1.73. The molecule has 0 N–H and O–H groups in total. The molecule has 0 amide bonds. The molecule has 146 valence electrons. The van der Waals surface area contributed by atoms with Gasteiger partial charge in [0.05, 0.1) is 15.5 Å². The monoisotopic (exact) mass is 394 g/mol. The molecule has 0 unspecified atom stereocenters. The van der Waals surface area contributed by atoms with E-state index in [9.17, 15) is 18.5 Å². The quantitative estimate of drug-likeness (QED) is 0.564. The van der Waals surface area contributed by atoms with E-state index in [1.807, 2.05) is 13.8 Å². The second-order valence-electron chi connectivity index (χ2n) is 6.59. The van der Waals surface area contributed by atoms with Crippen LogP contribution in [0.4, 0.5) is 5.69 Å². The van der Waals surface area contributed by atoms with Gasteiger partial charge in [-0.2, -0.15) is 4.31 Å². The number of nitro groups is 1. The number of nitro benzene ring substituents is 1. The van der Waals surface area contributed by atoms with Crippen molar-refractivity contribution in [2.45, 2.75) is 31.7 Å². The molecule has 10 heteroatoms. The van der Waals surface area contributed by atoms with Crippen LogP contribution in [0.5, 0.6) is 0 Å². The molecule has 1 saturated heterocycles. The Morgan fingerprint density at radius 3 is 2.67 bits per heavy atom. The Hall–Kier alpha value is -2.30. The molecule has 2 heterocycles. The smallest absolute Gasteiger partial charge is 0.270 e. The second kappa shape index (κ2) is 7.75. The minimum atomic E-state index is -3.77. The molecule has 0 aliphatic carbocycles. The van der Waals surface area contributed by atoms with Crippen LogP contribution in [-0.4, -0.2) is 53.9 Å². The molecule has 0 atom stereocenters. The van der Waals surface area contributed by atoms with E-state index in [1.54, 1.807) is 0 Å². The van der Waals surface area contributed by atoms with Crippen molar-refractivity contribution >= 4 is 15.7 Å². The molecular formula is C17H22N4O5S. The summed E-state index contributed by atoms with van der Waals surface area (Å²) >= 11 is 0. The fourth-order valence-electron chi connectivity index (χ4n) is 3.20. The van der Waals surface area contributed by atoms with Crippen molar-refractivity contribution in [2.75, 3.05) is 26.2 Å². The molecule has 0 saturated carbocycles. The van der Waals surface area contributed by atoms with Gasteiger partial charge >= 0.3 is 0 Å². The third kappa shape index (κ3) is 4.18. The van der Waals surface area contributed by atoms with E-state index in [2.05, 4.69) is 10.1 Å². The van der Waals surface area contributed by atoms with Crippen LogP contribution in [0.25, 0.3) is 0 Å². The number of nitrogens with zero attached hydrogens (tertiary/aromatic N) is 4. The highest BCUT2D eigenvalue weighted by Gasteiger charge is 2.28. The maximum atomic E-state index is 12.9. The van der Waals surface area contributed by atoms with Crippen LogP contribution in [0.15, 0.2) is 33.7 Å². The van der Waals surface area contributed by atoms with Crippen molar-refractivity contribution in [1.82, 2.24) is 14.4 Å². The van der Waals surface area contributed by atoms with Gasteiger partial charge in [-0.1, -0.05) is 11.2 Å². The molecule has 27 heavy (non-hydrogen) atoms. The molecule has 0 bridgehead atoms. The van der Waals surface area contributed by atoms with Crippen LogP contribution >= 0.6 is 0 Å². The van der Waals surface area contributed by atoms with Crippen molar-refractivity contribution in [3.05, 3.63) is 51.4 Å². The fourth-order valence-corrected chi connectivity index (χ4v) is 4.71. The van der Waals surface area contributed by atoms with Gasteiger partial charge in [-0.25, -0.2) is 8.42 Å². The SMILES string of the molecule is Cc1noc(C)c1CN1CCCN(S(=O)(=O)c2cccc([N+](=O)[O-])c2)CC1. The first-order valence-electron chi connectivity index (χ1n) is 8.68. The lowest BCUT2D eigenvalue weighted by molar-refractivity contribution is -0.385. The summed E-state index contributed by atoms with van der Waals surface area (Å²) < 4.78 is 32.4. The lowest BCUT2D eigenvalue weighted by atomic mass is 10.2. The van der Waals surface area contributed by atoms with Crippen molar-refractivity contribution in [3.8, 4) is 0 Å². The van der Waals surface area contributed by atoms with Gasteiger partial charge in [0.2, 0.25) is 10.0 Å². The Kier molecular flexibility index (Phi) is 5.59. The third-order valence-electron chi connectivity index (χ3n) is 4.78. The van der Waals surface area contributed by atoms with Crippen LogP contribution in [0.2, 0.25) is 0 Å². The van der Waals surface area contributed by atoms with E-state index >= 15 is 0 Å². The third-order valence-corrected chi connectivity index (χ3v) is 6.67. The minimum Gasteiger partial charge on any atom is -0.361 e. The number of aromatic nitrogens is 1. The Bertz CT molecular complexity index is 921. The van der Waals surface area contributed by atoms with Crippen LogP contribution in [0.1, 0.15) is 23.4 Å². The first-order chi connectivity index (χ1) is 12.8. The summed E-state index contributed by atoms with van der Waals surface area (Å²) in [5, 5.41) is 14.9. The number of benzene rings is 1. The van der Waals surface area contributed by atoms with E-state index in [1.165, 1.54) is 22.5 Å². The predicted octanol–water partition coefficient (Wildman–Crippen LogP) is 2.10. The molecule has 9 nitrogen and oxygen atoms in total. The largest absolute Gasteiger partial charge is 0.361 e. The predicted molar refractivity (Wildman–Crippen MR) is 97.7 cm³/mol. The number of hydrogen-bond acceptors (Lipinski definition) is 7. The van der Waals surface area contributed by atoms with E-state index in [-0.39, 0.29) is 10.6 Å². The van der Waals surface area contributed by atoms with Crippen molar-refractivity contribution in [3.63, 3.8) is 0 Å². The number of aryl methyl sites for hydroxylation is 2. The number of rotatable bonds is 5. The normalized spacial score (nSPS) is 17.0. The first-order valence-corrected chi connectivity index (χ1v) is 10.1. The summed E-state index contributed by atoms with van der Waals surface area (Å²) in [5.74, 6) is 0.776. The Morgan fingerprint density at radius 1 is 1.22 bits per heavy atom. The molecule has 1 fully saturated rings. The highest BCUT2D eigenvalue weighted by atomic mass is 32.2. The average Bonchev–Trinajstić information content (AvgIpc) is 2.84. The molecule has 1 aliphatic heterocycles. The molecule has 3 rings (SSSR count). The molecular weight excluding hydrogens is 372 g/mol. The molecule has 2 aromatic rings. The van der Waals surface area contributed by atoms with Crippen LogP contribution in [-0.2, 0) is 16.6 Å². The highest BCUT2D eigenvalue weighted by molar-refractivity contribution is 7.89. The molecule has 1 aliphatic rings. The lowest BCUT2D eigenvalue weighted by Gasteiger charge is -2.21. The summed E-state index contributed by atoms with van der Waals surface area (Å²) in [6, 6.07) is 5.19. The Labute approximate surface area is 157 Å². The van der Waals surface area contributed by atoms with E-state index in [0.717, 1.165) is 29.6 Å². The van der Waals surface area contributed by atoms with Gasteiger partial charge in [-0.05, 0) is 32.9 Å². The summed E-state index contributed by atoms with van der Waals surface area (Å²) in [5.41, 5.74) is 1.65. The number of hydrogen-bond donors (Lipinski definition) is 0. The van der Waals surface area contributed by atoms with Gasteiger partial charge < -0.3 is 4.52 Å². The summed E-state index contributed by atoms with van der Waals surface area (Å²) in [6.45, 7) is 6.45. The average molecular weight is 394 g/mol. The van der Waals surface area contributed by atoms with Crippen molar-refractivity contribution in [2.24, 2.45) is 0 Å².